The number of nitrogens with zero attached hydrogens (tertiary/aromatic N) is 3. The molecule has 8 nitrogen and oxygen atoms in total. The molecule has 0 spiro atoms. The summed E-state index contributed by atoms with van der Waals surface area (Å²) in [6.45, 7) is 0.283. The van der Waals surface area contributed by atoms with E-state index < -0.39 is 15.9 Å². The highest BCUT2D eigenvalue weighted by atomic mass is 35.5. The fourth-order valence-corrected chi connectivity index (χ4v) is 3.30. The Morgan fingerprint density at radius 2 is 1.71 bits per heavy atom. The van der Waals surface area contributed by atoms with E-state index >= 15 is 0 Å². The van der Waals surface area contributed by atoms with Gasteiger partial charge < -0.3 is 9.73 Å². The van der Waals surface area contributed by atoms with Crippen molar-refractivity contribution >= 4 is 27.5 Å². The van der Waals surface area contributed by atoms with E-state index in [1.807, 2.05) is 0 Å². The van der Waals surface area contributed by atoms with Crippen molar-refractivity contribution in [3.05, 3.63) is 65.0 Å². The number of sulfonamides is 1. The standard InChI is InChI=1S/C18H17ClN4O4S/c1-23(2)28(25,26)15-9-5-13(6-10-15)17-21-22-18(27-17)16(24)20-11-12-3-7-14(19)8-4-12/h3-10H,11H2,1-2H3,(H,20,24). The Bertz CT molecular complexity index is 1080. The molecule has 0 fully saturated rings. The minimum atomic E-state index is -3.53. The molecular weight excluding hydrogens is 404 g/mol. The topological polar surface area (TPSA) is 105 Å². The number of amides is 1. The van der Waals surface area contributed by atoms with Gasteiger partial charge in [-0.15, -0.1) is 10.2 Å². The normalized spacial score (nSPS) is 11.6. The minimum Gasteiger partial charge on any atom is -0.412 e. The molecule has 0 saturated heterocycles. The molecule has 0 bridgehead atoms. The minimum absolute atomic E-state index is 0.116. The van der Waals surface area contributed by atoms with Gasteiger partial charge in [0.15, 0.2) is 0 Å². The van der Waals surface area contributed by atoms with Crippen LogP contribution < -0.4 is 5.32 Å². The van der Waals surface area contributed by atoms with Crippen LogP contribution in [-0.4, -0.2) is 42.9 Å². The second-order valence-electron chi connectivity index (χ2n) is 6.03. The molecule has 3 rings (SSSR count). The van der Waals surface area contributed by atoms with Crippen molar-refractivity contribution in [2.24, 2.45) is 0 Å². The van der Waals surface area contributed by atoms with Gasteiger partial charge >= 0.3 is 11.8 Å². The number of rotatable bonds is 6. The summed E-state index contributed by atoms with van der Waals surface area (Å²) in [7, 11) is -0.617. The maximum Gasteiger partial charge on any atom is 0.309 e. The van der Waals surface area contributed by atoms with Crippen LogP contribution in [0.5, 0.6) is 0 Å². The maximum atomic E-state index is 12.2. The van der Waals surface area contributed by atoms with Crippen LogP contribution in [0, 0.1) is 0 Å². The molecular formula is C18H17ClN4O4S. The zero-order valence-electron chi connectivity index (χ0n) is 15.1. The average molecular weight is 421 g/mol. The lowest BCUT2D eigenvalue weighted by atomic mass is 10.2. The molecule has 0 aliphatic carbocycles. The highest BCUT2D eigenvalue weighted by Crippen LogP contribution is 2.21. The first-order valence-electron chi connectivity index (χ1n) is 8.16. The van der Waals surface area contributed by atoms with Crippen molar-refractivity contribution in [3.8, 4) is 11.5 Å². The molecule has 0 radical (unpaired) electrons. The Morgan fingerprint density at radius 3 is 2.32 bits per heavy atom. The number of hydrogen-bond acceptors (Lipinski definition) is 6. The highest BCUT2D eigenvalue weighted by molar-refractivity contribution is 7.89. The summed E-state index contributed by atoms with van der Waals surface area (Å²) < 4.78 is 30.7. The number of carbonyl (C=O) groups is 1. The molecule has 1 aromatic heterocycles. The second kappa shape index (κ2) is 8.09. The van der Waals surface area contributed by atoms with Gasteiger partial charge in [0.1, 0.15) is 0 Å². The van der Waals surface area contributed by atoms with Gasteiger partial charge in [0, 0.05) is 31.2 Å². The third-order valence-corrected chi connectivity index (χ3v) is 5.95. The third kappa shape index (κ3) is 4.38. The van der Waals surface area contributed by atoms with Crippen LogP contribution in [0.15, 0.2) is 57.8 Å². The molecule has 2 aromatic carbocycles. The Morgan fingerprint density at radius 1 is 1.07 bits per heavy atom. The molecule has 3 aromatic rings. The molecule has 28 heavy (non-hydrogen) atoms. The van der Waals surface area contributed by atoms with E-state index in [4.69, 9.17) is 16.0 Å². The van der Waals surface area contributed by atoms with Crippen LogP contribution >= 0.6 is 11.6 Å². The van der Waals surface area contributed by atoms with E-state index in [1.54, 1.807) is 36.4 Å². The number of aromatic nitrogens is 2. The summed E-state index contributed by atoms with van der Waals surface area (Å²) in [6, 6.07) is 13.0. The predicted octanol–water partition coefficient (Wildman–Crippen LogP) is 2.57. The van der Waals surface area contributed by atoms with Crippen molar-refractivity contribution in [2.45, 2.75) is 11.4 Å². The van der Waals surface area contributed by atoms with Crippen molar-refractivity contribution < 1.29 is 17.6 Å². The van der Waals surface area contributed by atoms with Crippen LogP contribution in [0.1, 0.15) is 16.2 Å². The second-order valence-corrected chi connectivity index (χ2v) is 8.62. The van der Waals surface area contributed by atoms with Gasteiger partial charge in [-0.3, -0.25) is 4.79 Å². The number of carbonyl (C=O) groups excluding carboxylic acids is 1. The molecule has 10 heteroatoms. The van der Waals surface area contributed by atoms with Crippen molar-refractivity contribution in [1.82, 2.24) is 19.8 Å². The molecule has 0 unspecified atom stereocenters. The predicted molar refractivity (Wildman–Crippen MR) is 103 cm³/mol. The van der Waals surface area contributed by atoms with Crippen molar-refractivity contribution in [3.63, 3.8) is 0 Å². The molecule has 0 aliphatic rings. The zero-order valence-corrected chi connectivity index (χ0v) is 16.7. The van der Waals surface area contributed by atoms with Crippen molar-refractivity contribution in [1.29, 1.82) is 0 Å². The number of hydrogen-bond donors (Lipinski definition) is 1. The fraction of sp³-hybridized carbons (Fsp3) is 0.167. The molecule has 0 aliphatic heterocycles. The van der Waals surface area contributed by atoms with Gasteiger partial charge in [-0.2, -0.15) is 0 Å². The summed E-state index contributed by atoms with van der Waals surface area (Å²) in [5, 5.41) is 10.9. The van der Waals surface area contributed by atoms with Crippen LogP contribution in [0.3, 0.4) is 0 Å². The lowest BCUT2D eigenvalue weighted by Crippen LogP contribution is -2.23. The molecule has 1 N–H and O–H groups in total. The van der Waals surface area contributed by atoms with E-state index in [1.165, 1.54) is 26.2 Å². The first-order chi connectivity index (χ1) is 13.3. The summed E-state index contributed by atoms with van der Waals surface area (Å²) in [5.74, 6) is -0.583. The molecule has 1 amide bonds. The smallest absolute Gasteiger partial charge is 0.309 e. The fourth-order valence-electron chi connectivity index (χ4n) is 2.27. The van der Waals surface area contributed by atoms with Crippen LogP contribution in [-0.2, 0) is 16.6 Å². The van der Waals surface area contributed by atoms with E-state index in [0.717, 1.165) is 9.87 Å². The average Bonchev–Trinajstić information content (AvgIpc) is 3.17. The monoisotopic (exact) mass is 420 g/mol. The Hall–Kier alpha value is -2.75. The number of halogens is 1. The third-order valence-electron chi connectivity index (χ3n) is 3.87. The van der Waals surface area contributed by atoms with Gasteiger partial charge in [-0.05, 0) is 42.0 Å². The first-order valence-corrected chi connectivity index (χ1v) is 9.98. The van der Waals surface area contributed by atoms with Crippen molar-refractivity contribution in [2.75, 3.05) is 14.1 Å². The van der Waals surface area contributed by atoms with E-state index in [0.29, 0.717) is 10.6 Å². The van der Waals surface area contributed by atoms with E-state index in [2.05, 4.69) is 15.5 Å². The van der Waals surface area contributed by atoms with E-state index in [9.17, 15) is 13.2 Å². The lowest BCUT2D eigenvalue weighted by Gasteiger charge is -2.11. The van der Waals surface area contributed by atoms with Gasteiger partial charge in [0.2, 0.25) is 15.9 Å². The summed E-state index contributed by atoms with van der Waals surface area (Å²) in [4.78, 5) is 12.3. The summed E-state index contributed by atoms with van der Waals surface area (Å²) >= 11 is 5.82. The quantitative estimate of drug-likeness (QED) is 0.657. The highest BCUT2D eigenvalue weighted by Gasteiger charge is 2.19. The molecule has 1 heterocycles. The SMILES string of the molecule is CN(C)S(=O)(=O)c1ccc(-c2nnc(C(=O)NCc3ccc(Cl)cc3)o2)cc1. The van der Waals surface area contributed by atoms with Gasteiger partial charge in [0.25, 0.3) is 0 Å². The first kappa shape index (κ1) is 20.0. The van der Waals surface area contributed by atoms with Crippen LogP contribution in [0.25, 0.3) is 11.5 Å². The molecule has 0 atom stereocenters. The Balaban J connectivity index is 1.69. The molecule has 146 valence electrons. The summed E-state index contributed by atoms with van der Waals surface area (Å²) in [5.41, 5.74) is 1.37. The Kier molecular flexibility index (Phi) is 5.78. The van der Waals surface area contributed by atoms with Gasteiger partial charge in [-0.1, -0.05) is 23.7 Å². The van der Waals surface area contributed by atoms with Gasteiger partial charge in [-0.25, -0.2) is 12.7 Å². The maximum absolute atomic E-state index is 12.2. The van der Waals surface area contributed by atoms with Crippen LogP contribution in [0.4, 0.5) is 0 Å². The Labute approximate surface area is 167 Å². The molecule has 0 saturated carbocycles. The largest absolute Gasteiger partial charge is 0.412 e. The number of nitrogens with one attached hydrogen (secondary N) is 1. The van der Waals surface area contributed by atoms with E-state index in [-0.39, 0.29) is 23.2 Å². The number of benzene rings is 2. The zero-order chi connectivity index (χ0) is 20.3. The van der Waals surface area contributed by atoms with Gasteiger partial charge in [0.05, 0.1) is 4.90 Å². The summed E-state index contributed by atoms with van der Waals surface area (Å²) in [6.07, 6.45) is 0. The lowest BCUT2D eigenvalue weighted by molar-refractivity contribution is 0.0917. The van der Waals surface area contributed by atoms with Crippen LogP contribution in [0.2, 0.25) is 5.02 Å².